The van der Waals surface area contributed by atoms with Gasteiger partial charge in [0.2, 0.25) is 0 Å². The van der Waals surface area contributed by atoms with Crippen molar-refractivity contribution in [2.45, 2.75) is 31.7 Å². The monoisotopic (exact) mass is 303 g/mol. The Morgan fingerprint density at radius 2 is 2.10 bits per heavy atom. The molecule has 0 saturated carbocycles. The van der Waals surface area contributed by atoms with Crippen molar-refractivity contribution in [2.75, 3.05) is 6.54 Å². The van der Waals surface area contributed by atoms with Crippen molar-refractivity contribution in [1.29, 1.82) is 0 Å². The van der Waals surface area contributed by atoms with Crippen LogP contribution in [0.4, 0.5) is 4.39 Å². The van der Waals surface area contributed by atoms with E-state index in [2.05, 4.69) is 36.5 Å². The van der Waals surface area contributed by atoms with Crippen LogP contribution in [0.5, 0.6) is 0 Å². The number of nitrogens with one attached hydrogen (secondary N) is 1. The normalized spacial score (nSPS) is 18.0. The quantitative estimate of drug-likeness (QED) is 0.866. The summed E-state index contributed by atoms with van der Waals surface area (Å²) in [5.74, 6) is 0.263. The molecule has 3 heteroatoms. The number of rotatable bonds is 5. The van der Waals surface area contributed by atoms with Gasteiger partial charge in [0.05, 0.1) is 0 Å². The van der Waals surface area contributed by atoms with Crippen LogP contribution in [0.15, 0.2) is 42.5 Å². The SMILES string of the molecule is CCNC(Cc1cc(F)ccc1Cl)C1Cc2ccccc21. The fraction of sp³-hybridized carbons (Fsp3) is 0.333. The first-order valence-corrected chi connectivity index (χ1v) is 7.82. The summed E-state index contributed by atoms with van der Waals surface area (Å²) in [7, 11) is 0. The minimum Gasteiger partial charge on any atom is -0.313 e. The molecular formula is C18H19ClFN. The fourth-order valence-electron chi connectivity index (χ4n) is 3.21. The molecule has 1 N–H and O–H groups in total. The molecule has 0 aromatic heterocycles. The van der Waals surface area contributed by atoms with Gasteiger partial charge < -0.3 is 5.32 Å². The van der Waals surface area contributed by atoms with Gasteiger partial charge in [0.1, 0.15) is 5.82 Å². The second-order valence-electron chi connectivity index (χ2n) is 5.61. The first-order chi connectivity index (χ1) is 10.2. The van der Waals surface area contributed by atoms with Crippen molar-refractivity contribution in [3.63, 3.8) is 0 Å². The van der Waals surface area contributed by atoms with Crippen LogP contribution in [0.1, 0.15) is 29.5 Å². The van der Waals surface area contributed by atoms with Gasteiger partial charge in [0.25, 0.3) is 0 Å². The van der Waals surface area contributed by atoms with Gasteiger partial charge in [-0.15, -0.1) is 0 Å². The van der Waals surface area contributed by atoms with Crippen molar-refractivity contribution in [2.24, 2.45) is 0 Å². The molecule has 0 spiro atoms. The molecule has 21 heavy (non-hydrogen) atoms. The lowest BCUT2D eigenvalue weighted by Crippen LogP contribution is -2.41. The maximum absolute atomic E-state index is 13.4. The molecule has 3 rings (SSSR count). The van der Waals surface area contributed by atoms with E-state index in [1.807, 2.05) is 0 Å². The van der Waals surface area contributed by atoms with Crippen molar-refractivity contribution < 1.29 is 4.39 Å². The van der Waals surface area contributed by atoms with Gasteiger partial charge in [-0.05, 0) is 54.3 Å². The Labute approximate surface area is 130 Å². The highest BCUT2D eigenvalue weighted by molar-refractivity contribution is 6.31. The van der Waals surface area contributed by atoms with Gasteiger partial charge in [-0.1, -0.05) is 42.8 Å². The number of fused-ring (bicyclic) bond motifs is 1. The molecule has 2 aromatic carbocycles. The van der Waals surface area contributed by atoms with E-state index < -0.39 is 0 Å². The van der Waals surface area contributed by atoms with Gasteiger partial charge in [-0.2, -0.15) is 0 Å². The maximum Gasteiger partial charge on any atom is 0.123 e. The first-order valence-electron chi connectivity index (χ1n) is 7.44. The van der Waals surface area contributed by atoms with E-state index in [0.29, 0.717) is 17.0 Å². The van der Waals surface area contributed by atoms with Crippen LogP contribution in [0.25, 0.3) is 0 Å². The molecule has 0 amide bonds. The zero-order chi connectivity index (χ0) is 14.8. The molecular weight excluding hydrogens is 285 g/mol. The van der Waals surface area contributed by atoms with Crippen LogP contribution in [0.3, 0.4) is 0 Å². The summed E-state index contributed by atoms with van der Waals surface area (Å²) >= 11 is 6.21. The Morgan fingerprint density at radius 3 is 2.86 bits per heavy atom. The lowest BCUT2D eigenvalue weighted by Gasteiger charge is -2.37. The highest BCUT2D eigenvalue weighted by atomic mass is 35.5. The van der Waals surface area contributed by atoms with Gasteiger partial charge in [0, 0.05) is 17.0 Å². The van der Waals surface area contributed by atoms with Crippen molar-refractivity contribution in [3.05, 3.63) is 70.0 Å². The summed E-state index contributed by atoms with van der Waals surface area (Å²) in [6.07, 6.45) is 1.84. The minimum absolute atomic E-state index is 0.223. The zero-order valence-corrected chi connectivity index (χ0v) is 12.8. The van der Waals surface area contributed by atoms with Gasteiger partial charge in [-0.3, -0.25) is 0 Å². The van der Waals surface area contributed by atoms with Gasteiger partial charge in [0.15, 0.2) is 0 Å². The molecule has 2 aromatic rings. The topological polar surface area (TPSA) is 12.0 Å². The average molecular weight is 304 g/mol. The van der Waals surface area contributed by atoms with E-state index >= 15 is 0 Å². The first kappa shape index (κ1) is 14.6. The highest BCUT2D eigenvalue weighted by Gasteiger charge is 2.32. The molecule has 0 bridgehead atoms. The molecule has 0 saturated heterocycles. The maximum atomic E-state index is 13.4. The average Bonchev–Trinajstić information content (AvgIpc) is 2.44. The van der Waals surface area contributed by atoms with Gasteiger partial charge in [-0.25, -0.2) is 4.39 Å². The highest BCUT2D eigenvalue weighted by Crippen LogP contribution is 2.38. The molecule has 0 radical (unpaired) electrons. The summed E-state index contributed by atoms with van der Waals surface area (Å²) in [5.41, 5.74) is 3.72. The Hall–Kier alpha value is -1.38. The van der Waals surface area contributed by atoms with Crippen LogP contribution >= 0.6 is 11.6 Å². The lowest BCUT2D eigenvalue weighted by atomic mass is 9.72. The van der Waals surface area contributed by atoms with Crippen LogP contribution in [-0.4, -0.2) is 12.6 Å². The van der Waals surface area contributed by atoms with Crippen LogP contribution in [-0.2, 0) is 12.8 Å². The van der Waals surface area contributed by atoms with Crippen LogP contribution < -0.4 is 5.32 Å². The van der Waals surface area contributed by atoms with Gasteiger partial charge >= 0.3 is 0 Å². The second kappa shape index (κ2) is 6.17. The zero-order valence-electron chi connectivity index (χ0n) is 12.1. The summed E-state index contributed by atoms with van der Waals surface area (Å²) in [4.78, 5) is 0. The largest absolute Gasteiger partial charge is 0.313 e. The smallest absolute Gasteiger partial charge is 0.123 e. The fourth-order valence-corrected chi connectivity index (χ4v) is 3.41. The summed E-state index contributed by atoms with van der Waals surface area (Å²) < 4.78 is 13.4. The van der Waals surface area contributed by atoms with Crippen molar-refractivity contribution in [3.8, 4) is 0 Å². The lowest BCUT2D eigenvalue weighted by molar-refractivity contribution is 0.404. The number of halogens is 2. The van der Waals surface area contributed by atoms with E-state index in [1.54, 1.807) is 12.1 Å². The Balaban J connectivity index is 1.82. The molecule has 2 unspecified atom stereocenters. The van der Waals surface area contributed by atoms with Crippen LogP contribution in [0, 0.1) is 5.82 Å². The molecule has 110 valence electrons. The Bertz CT molecular complexity index is 641. The van der Waals surface area contributed by atoms with Crippen molar-refractivity contribution in [1.82, 2.24) is 5.32 Å². The molecule has 2 atom stereocenters. The summed E-state index contributed by atoms with van der Waals surface area (Å²) in [6.45, 7) is 3.00. The molecule has 0 heterocycles. The summed E-state index contributed by atoms with van der Waals surface area (Å²) in [6, 6.07) is 13.5. The predicted molar refractivity (Wildman–Crippen MR) is 85.5 cm³/mol. The van der Waals surface area contributed by atoms with Crippen LogP contribution in [0.2, 0.25) is 5.02 Å². The Morgan fingerprint density at radius 1 is 1.29 bits per heavy atom. The van der Waals surface area contributed by atoms with Crippen molar-refractivity contribution >= 4 is 11.6 Å². The van der Waals surface area contributed by atoms with E-state index in [1.165, 1.54) is 17.2 Å². The minimum atomic E-state index is -0.223. The molecule has 1 nitrogen and oxygen atoms in total. The number of hydrogen-bond acceptors (Lipinski definition) is 1. The number of likely N-dealkylation sites (N-methyl/N-ethyl adjacent to an activating group) is 1. The molecule has 0 fully saturated rings. The predicted octanol–water partition coefficient (Wildman–Crippen LogP) is 4.34. The number of hydrogen-bond donors (Lipinski definition) is 1. The Kier molecular flexibility index (Phi) is 4.27. The standard InChI is InChI=1S/C18H19ClFN/c1-2-21-18(11-13-9-14(20)7-8-17(13)19)16-10-12-5-3-4-6-15(12)16/h3-9,16,18,21H,2,10-11H2,1H3. The van der Waals surface area contributed by atoms with E-state index in [-0.39, 0.29) is 5.82 Å². The second-order valence-corrected chi connectivity index (χ2v) is 6.02. The third-order valence-electron chi connectivity index (χ3n) is 4.29. The third-order valence-corrected chi connectivity index (χ3v) is 4.66. The van der Waals surface area contributed by atoms with E-state index in [0.717, 1.165) is 24.9 Å². The molecule has 0 aliphatic heterocycles. The molecule has 1 aliphatic rings. The number of benzene rings is 2. The molecule has 1 aliphatic carbocycles. The van der Waals surface area contributed by atoms with E-state index in [4.69, 9.17) is 11.6 Å². The summed E-state index contributed by atoms with van der Waals surface area (Å²) in [5, 5.41) is 4.18. The van der Waals surface area contributed by atoms with E-state index in [9.17, 15) is 4.39 Å². The third kappa shape index (κ3) is 2.97.